The van der Waals surface area contributed by atoms with Gasteiger partial charge in [-0.2, -0.15) is 0 Å². The van der Waals surface area contributed by atoms with Crippen LogP contribution in [0.1, 0.15) is 11.1 Å². The van der Waals surface area contributed by atoms with Crippen molar-refractivity contribution in [1.29, 1.82) is 0 Å². The van der Waals surface area contributed by atoms with Gasteiger partial charge in [-0.1, -0.05) is 12.2 Å². The van der Waals surface area contributed by atoms with E-state index in [1.807, 2.05) is 6.08 Å². The number of rotatable bonds is 5. The van der Waals surface area contributed by atoms with E-state index in [2.05, 4.69) is 0 Å². The van der Waals surface area contributed by atoms with Gasteiger partial charge in [0.25, 0.3) is 5.69 Å². The average Bonchev–Trinajstić information content (AvgIpc) is 2.28. The molecule has 0 bridgehead atoms. The Kier molecular flexibility index (Phi) is 4.97. The number of benzene rings is 1. The molecular formula is C12H14ClNO3. The average molecular weight is 256 g/mol. The molecule has 0 saturated carbocycles. The van der Waals surface area contributed by atoms with Crippen molar-refractivity contribution in [2.75, 3.05) is 12.5 Å². The largest absolute Gasteiger partial charge is 0.489 e. The van der Waals surface area contributed by atoms with E-state index in [9.17, 15) is 10.1 Å². The lowest BCUT2D eigenvalue weighted by Gasteiger charge is -2.08. The molecule has 92 valence electrons. The van der Waals surface area contributed by atoms with Crippen LogP contribution in [0.15, 0.2) is 24.3 Å². The SMILES string of the molecule is Cc1cc([N+](=O)[O-])c(C)cc1OCC=CCCl. The molecule has 0 aromatic heterocycles. The minimum atomic E-state index is -0.389. The van der Waals surface area contributed by atoms with Crippen LogP contribution >= 0.6 is 11.6 Å². The molecule has 0 saturated heterocycles. The van der Waals surface area contributed by atoms with Gasteiger partial charge in [-0.3, -0.25) is 10.1 Å². The molecule has 0 unspecified atom stereocenters. The van der Waals surface area contributed by atoms with Crippen LogP contribution in [0.3, 0.4) is 0 Å². The Morgan fingerprint density at radius 3 is 2.65 bits per heavy atom. The van der Waals surface area contributed by atoms with Crippen LogP contribution in [0.25, 0.3) is 0 Å². The highest BCUT2D eigenvalue weighted by Gasteiger charge is 2.13. The first-order chi connectivity index (χ1) is 8.06. The van der Waals surface area contributed by atoms with Gasteiger partial charge in [-0.05, 0) is 25.5 Å². The van der Waals surface area contributed by atoms with Crippen molar-refractivity contribution in [2.45, 2.75) is 13.8 Å². The van der Waals surface area contributed by atoms with Crippen LogP contribution in [-0.2, 0) is 0 Å². The third-order valence-electron chi connectivity index (χ3n) is 2.28. The molecule has 0 fully saturated rings. The summed E-state index contributed by atoms with van der Waals surface area (Å²) >= 11 is 5.48. The van der Waals surface area contributed by atoms with E-state index in [1.54, 1.807) is 26.0 Å². The molecule has 1 aromatic rings. The highest BCUT2D eigenvalue weighted by molar-refractivity contribution is 6.18. The number of aryl methyl sites for hydroxylation is 2. The number of halogens is 1. The normalized spacial score (nSPS) is 10.8. The Balaban J connectivity index is 2.84. The summed E-state index contributed by atoms with van der Waals surface area (Å²) in [4.78, 5) is 10.3. The van der Waals surface area contributed by atoms with Gasteiger partial charge in [-0.25, -0.2) is 0 Å². The fraction of sp³-hybridized carbons (Fsp3) is 0.333. The maximum Gasteiger partial charge on any atom is 0.272 e. The minimum absolute atomic E-state index is 0.117. The van der Waals surface area contributed by atoms with E-state index in [1.165, 1.54) is 6.07 Å². The molecule has 0 amide bonds. The molecule has 0 spiro atoms. The fourth-order valence-corrected chi connectivity index (χ4v) is 1.52. The molecule has 17 heavy (non-hydrogen) atoms. The third kappa shape index (κ3) is 3.75. The summed E-state index contributed by atoms with van der Waals surface area (Å²) in [6.45, 7) is 3.89. The maximum atomic E-state index is 10.7. The summed E-state index contributed by atoms with van der Waals surface area (Å²) in [5, 5.41) is 10.7. The van der Waals surface area contributed by atoms with Crippen LogP contribution in [0.4, 0.5) is 5.69 Å². The number of nitrogens with zero attached hydrogens (tertiary/aromatic N) is 1. The number of ether oxygens (including phenoxy) is 1. The van der Waals surface area contributed by atoms with Gasteiger partial charge in [0.1, 0.15) is 12.4 Å². The van der Waals surface area contributed by atoms with Crippen LogP contribution in [0, 0.1) is 24.0 Å². The van der Waals surface area contributed by atoms with E-state index in [-0.39, 0.29) is 10.6 Å². The Hall–Kier alpha value is -1.55. The molecule has 0 aliphatic heterocycles. The van der Waals surface area contributed by atoms with Gasteiger partial charge >= 0.3 is 0 Å². The van der Waals surface area contributed by atoms with Crippen LogP contribution < -0.4 is 4.74 Å². The van der Waals surface area contributed by atoms with Crippen LogP contribution in [0.5, 0.6) is 5.75 Å². The summed E-state index contributed by atoms with van der Waals surface area (Å²) < 4.78 is 5.49. The van der Waals surface area contributed by atoms with Crippen molar-refractivity contribution in [2.24, 2.45) is 0 Å². The molecule has 0 N–H and O–H groups in total. The van der Waals surface area contributed by atoms with Crippen molar-refractivity contribution in [3.63, 3.8) is 0 Å². The summed E-state index contributed by atoms with van der Waals surface area (Å²) in [5.41, 5.74) is 1.46. The predicted octanol–water partition coefficient (Wildman–Crippen LogP) is 3.39. The van der Waals surface area contributed by atoms with Crippen molar-refractivity contribution >= 4 is 17.3 Å². The smallest absolute Gasteiger partial charge is 0.272 e. The zero-order valence-corrected chi connectivity index (χ0v) is 10.5. The molecule has 0 aliphatic rings. The highest BCUT2D eigenvalue weighted by atomic mass is 35.5. The lowest BCUT2D eigenvalue weighted by molar-refractivity contribution is -0.385. The van der Waals surface area contributed by atoms with E-state index in [0.29, 0.717) is 23.8 Å². The monoisotopic (exact) mass is 255 g/mol. The maximum absolute atomic E-state index is 10.7. The molecule has 5 heteroatoms. The standard InChI is InChI=1S/C12H14ClNO3/c1-9-8-12(17-6-4-3-5-13)10(2)7-11(9)14(15)16/h3-4,7-8H,5-6H2,1-2H3. The molecule has 0 atom stereocenters. The zero-order valence-electron chi connectivity index (χ0n) is 9.77. The molecule has 0 aliphatic carbocycles. The molecule has 1 rings (SSSR count). The first-order valence-corrected chi connectivity index (χ1v) is 5.69. The first kappa shape index (κ1) is 13.5. The van der Waals surface area contributed by atoms with Crippen molar-refractivity contribution in [3.8, 4) is 5.75 Å². The summed E-state index contributed by atoms with van der Waals surface area (Å²) in [6, 6.07) is 3.21. The molecule has 0 radical (unpaired) electrons. The predicted molar refractivity (Wildman–Crippen MR) is 67.9 cm³/mol. The first-order valence-electron chi connectivity index (χ1n) is 5.15. The van der Waals surface area contributed by atoms with Gasteiger partial charge in [0.05, 0.1) is 4.92 Å². The Morgan fingerprint density at radius 1 is 1.35 bits per heavy atom. The highest BCUT2D eigenvalue weighted by Crippen LogP contribution is 2.27. The van der Waals surface area contributed by atoms with Crippen molar-refractivity contribution in [3.05, 3.63) is 45.5 Å². The number of nitro groups is 1. The second kappa shape index (κ2) is 6.25. The molecular weight excluding hydrogens is 242 g/mol. The van der Waals surface area contributed by atoms with E-state index >= 15 is 0 Å². The number of nitro benzene ring substituents is 1. The lowest BCUT2D eigenvalue weighted by Crippen LogP contribution is -1.99. The van der Waals surface area contributed by atoms with Crippen LogP contribution in [0.2, 0.25) is 0 Å². The Labute approximate surface area is 105 Å². The second-order valence-electron chi connectivity index (χ2n) is 3.60. The van der Waals surface area contributed by atoms with Crippen LogP contribution in [-0.4, -0.2) is 17.4 Å². The van der Waals surface area contributed by atoms with Gasteiger partial charge in [0, 0.05) is 17.5 Å². The topological polar surface area (TPSA) is 52.4 Å². The number of allylic oxidation sites excluding steroid dienone is 1. The second-order valence-corrected chi connectivity index (χ2v) is 3.91. The van der Waals surface area contributed by atoms with Gasteiger partial charge < -0.3 is 4.74 Å². The quantitative estimate of drug-likeness (QED) is 0.351. The number of alkyl halides is 1. The van der Waals surface area contributed by atoms with Crippen molar-refractivity contribution < 1.29 is 9.66 Å². The van der Waals surface area contributed by atoms with E-state index in [0.717, 1.165) is 5.56 Å². The molecule has 1 aromatic carbocycles. The van der Waals surface area contributed by atoms with Gasteiger partial charge in [-0.15, -0.1) is 11.6 Å². The fourth-order valence-electron chi connectivity index (χ4n) is 1.40. The van der Waals surface area contributed by atoms with E-state index < -0.39 is 0 Å². The Morgan fingerprint density at radius 2 is 2.06 bits per heavy atom. The van der Waals surface area contributed by atoms with Gasteiger partial charge in [0.2, 0.25) is 0 Å². The Bertz CT molecular complexity index is 444. The van der Waals surface area contributed by atoms with E-state index in [4.69, 9.17) is 16.3 Å². The summed E-state index contributed by atoms with van der Waals surface area (Å²) in [7, 11) is 0. The third-order valence-corrected chi connectivity index (χ3v) is 2.46. The van der Waals surface area contributed by atoms with Crippen molar-refractivity contribution in [1.82, 2.24) is 0 Å². The summed E-state index contributed by atoms with van der Waals surface area (Å²) in [5.74, 6) is 1.11. The van der Waals surface area contributed by atoms with Gasteiger partial charge in [0.15, 0.2) is 0 Å². The molecule has 0 heterocycles. The number of hydrogen-bond acceptors (Lipinski definition) is 3. The lowest BCUT2D eigenvalue weighted by atomic mass is 10.1. The minimum Gasteiger partial charge on any atom is -0.489 e. The zero-order chi connectivity index (χ0) is 12.8. The molecule has 4 nitrogen and oxygen atoms in total. The number of hydrogen-bond donors (Lipinski definition) is 0. The summed E-state index contributed by atoms with van der Waals surface area (Å²) in [6.07, 6.45) is 3.60.